The molecular weight excluding hydrogens is 352 g/mol. The van der Waals surface area contributed by atoms with E-state index in [9.17, 15) is 0 Å². The third-order valence-electron chi connectivity index (χ3n) is 2.63. The average molecular weight is 363 g/mol. The van der Waals surface area contributed by atoms with E-state index < -0.39 is 0 Å². The largest absolute Gasteiger partial charge is 0.393 e. The Morgan fingerprint density at radius 2 is 1.90 bits per heavy atom. The molecule has 3 rings (SSSR count). The van der Waals surface area contributed by atoms with Gasteiger partial charge in [0.1, 0.15) is 12.0 Å². The summed E-state index contributed by atoms with van der Waals surface area (Å²) in [4.78, 5) is 12.5. The van der Waals surface area contributed by atoms with E-state index in [2.05, 4.69) is 41.5 Å². The molecule has 0 aliphatic heterocycles. The lowest BCUT2D eigenvalue weighted by Crippen LogP contribution is -2.05. The van der Waals surface area contributed by atoms with Gasteiger partial charge in [-0.25, -0.2) is 15.0 Å². The quantitative estimate of drug-likeness (QED) is 0.654. The van der Waals surface area contributed by atoms with Crippen molar-refractivity contribution in [3.63, 3.8) is 0 Å². The van der Waals surface area contributed by atoms with E-state index in [0.717, 1.165) is 15.3 Å². The van der Waals surface area contributed by atoms with Crippen molar-refractivity contribution in [2.24, 2.45) is 0 Å². The highest BCUT2D eigenvalue weighted by Gasteiger charge is 2.09. The highest BCUT2D eigenvalue weighted by Crippen LogP contribution is 2.29. The molecule has 0 spiro atoms. The normalized spacial score (nSPS) is 10.3. The Balaban J connectivity index is 1.86. The van der Waals surface area contributed by atoms with Crippen molar-refractivity contribution in [3.8, 4) is 0 Å². The second kappa shape index (κ2) is 6.06. The molecule has 2 heterocycles. The standard InChI is InChI=1S/C13H11BrN6S/c14-8-2-1-3-9(6-8)19-11-10(15)12(18-7-17-11)20-13-16-4-5-21-13/h1-7H,15H2,(H2,16,17,18,19,20). The lowest BCUT2D eigenvalue weighted by molar-refractivity contribution is 1.17. The fourth-order valence-electron chi connectivity index (χ4n) is 1.68. The lowest BCUT2D eigenvalue weighted by atomic mass is 10.3. The van der Waals surface area contributed by atoms with E-state index in [1.165, 1.54) is 17.7 Å². The Kier molecular flexibility index (Phi) is 3.98. The Bertz CT molecular complexity index is 746. The predicted molar refractivity (Wildman–Crippen MR) is 89.3 cm³/mol. The van der Waals surface area contributed by atoms with Gasteiger partial charge in [-0.3, -0.25) is 0 Å². The van der Waals surface area contributed by atoms with Gasteiger partial charge in [-0.2, -0.15) is 0 Å². The highest BCUT2D eigenvalue weighted by molar-refractivity contribution is 9.10. The first-order valence-corrected chi connectivity index (χ1v) is 7.69. The second-order valence-electron chi connectivity index (χ2n) is 4.08. The van der Waals surface area contributed by atoms with Crippen LogP contribution >= 0.6 is 27.3 Å². The zero-order valence-electron chi connectivity index (χ0n) is 10.7. The van der Waals surface area contributed by atoms with Gasteiger partial charge >= 0.3 is 0 Å². The van der Waals surface area contributed by atoms with Gasteiger partial charge in [-0.1, -0.05) is 22.0 Å². The molecule has 0 aliphatic carbocycles. The maximum Gasteiger partial charge on any atom is 0.188 e. The van der Waals surface area contributed by atoms with Crippen molar-refractivity contribution in [1.82, 2.24) is 15.0 Å². The van der Waals surface area contributed by atoms with Gasteiger partial charge < -0.3 is 16.4 Å². The molecule has 4 N–H and O–H groups in total. The van der Waals surface area contributed by atoms with Gasteiger partial charge in [0, 0.05) is 21.7 Å². The summed E-state index contributed by atoms with van der Waals surface area (Å²) in [5.41, 5.74) is 7.42. The zero-order chi connectivity index (χ0) is 14.7. The van der Waals surface area contributed by atoms with Crippen LogP contribution in [0.3, 0.4) is 0 Å². The molecule has 0 atom stereocenters. The van der Waals surface area contributed by atoms with E-state index in [1.54, 1.807) is 6.20 Å². The van der Waals surface area contributed by atoms with E-state index in [0.29, 0.717) is 17.3 Å². The summed E-state index contributed by atoms with van der Waals surface area (Å²) >= 11 is 4.90. The molecule has 2 aromatic heterocycles. The number of benzene rings is 1. The summed E-state index contributed by atoms with van der Waals surface area (Å²) in [7, 11) is 0. The maximum absolute atomic E-state index is 6.10. The zero-order valence-corrected chi connectivity index (χ0v) is 13.1. The van der Waals surface area contributed by atoms with Crippen molar-refractivity contribution in [2.45, 2.75) is 0 Å². The van der Waals surface area contributed by atoms with Crippen LogP contribution in [0.25, 0.3) is 0 Å². The highest BCUT2D eigenvalue weighted by atomic mass is 79.9. The number of anilines is 5. The summed E-state index contributed by atoms with van der Waals surface area (Å²) in [6.07, 6.45) is 3.16. The molecule has 0 saturated carbocycles. The fraction of sp³-hybridized carbons (Fsp3) is 0. The molecule has 0 saturated heterocycles. The molecule has 0 fully saturated rings. The molecule has 0 unspecified atom stereocenters. The molecule has 106 valence electrons. The van der Waals surface area contributed by atoms with Gasteiger partial charge in [0.25, 0.3) is 0 Å². The average Bonchev–Trinajstić information content (AvgIpc) is 2.96. The number of halogens is 1. The molecule has 0 bridgehead atoms. The Morgan fingerprint density at radius 3 is 2.62 bits per heavy atom. The van der Waals surface area contributed by atoms with Crippen molar-refractivity contribution in [3.05, 3.63) is 46.6 Å². The molecular formula is C13H11BrN6S. The van der Waals surface area contributed by atoms with Crippen LogP contribution in [-0.2, 0) is 0 Å². The number of nitrogen functional groups attached to an aromatic ring is 1. The second-order valence-corrected chi connectivity index (χ2v) is 5.89. The van der Waals surface area contributed by atoms with Gasteiger partial charge in [-0.15, -0.1) is 11.3 Å². The maximum atomic E-state index is 6.10. The van der Waals surface area contributed by atoms with Crippen LogP contribution in [0.1, 0.15) is 0 Å². The summed E-state index contributed by atoms with van der Waals surface area (Å²) < 4.78 is 0.973. The molecule has 0 radical (unpaired) electrons. The Labute approximate surface area is 133 Å². The molecule has 6 nitrogen and oxygen atoms in total. The fourth-order valence-corrected chi connectivity index (χ4v) is 2.61. The topological polar surface area (TPSA) is 88.8 Å². The van der Waals surface area contributed by atoms with Crippen molar-refractivity contribution in [1.29, 1.82) is 0 Å². The number of nitrogens with zero attached hydrogens (tertiary/aromatic N) is 3. The minimum atomic E-state index is 0.438. The number of hydrogen-bond acceptors (Lipinski definition) is 7. The molecule has 3 aromatic rings. The summed E-state index contributed by atoms with van der Waals surface area (Å²) in [5.74, 6) is 1.07. The summed E-state index contributed by atoms with van der Waals surface area (Å²) in [6, 6.07) is 7.75. The predicted octanol–water partition coefficient (Wildman–Crippen LogP) is 3.77. The van der Waals surface area contributed by atoms with Crippen LogP contribution < -0.4 is 16.4 Å². The van der Waals surface area contributed by atoms with Gasteiger partial charge in [-0.05, 0) is 18.2 Å². The summed E-state index contributed by atoms with van der Waals surface area (Å²) in [6.45, 7) is 0. The number of rotatable bonds is 4. The smallest absolute Gasteiger partial charge is 0.188 e. The van der Waals surface area contributed by atoms with E-state index >= 15 is 0 Å². The van der Waals surface area contributed by atoms with Crippen LogP contribution in [-0.4, -0.2) is 15.0 Å². The third kappa shape index (κ3) is 3.29. The SMILES string of the molecule is Nc1c(Nc2cccc(Br)c2)ncnc1Nc1nccs1. The Hall–Kier alpha value is -2.19. The van der Waals surface area contributed by atoms with Crippen molar-refractivity contribution in [2.75, 3.05) is 16.4 Å². The molecule has 0 aliphatic rings. The molecule has 8 heteroatoms. The lowest BCUT2D eigenvalue weighted by Gasteiger charge is -2.11. The number of aromatic nitrogens is 3. The Morgan fingerprint density at radius 1 is 1.10 bits per heavy atom. The molecule has 0 amide bonds. The van der Waals surface area contributed by atoms with E-state index in [4.69, 9.17) is 5.73 Å². The van der Waals surface area contributed by atoms with E-state index in [-0.39, 0.29) is 0 Å². The first-order valence-electron chi connectivity index (χ1n) is 6.02. The minimum absolute atomic E-state index is 0.438. The molecule has 21 heavy (non-hydrogen) atoms. The van der Waals surface area contributed by atoms with Crippen LogP contribution in [0.15, 0.2) is 46.6 Å². The number of thiazole rings is 1. The summed E-state index contributed by atoms with van der Waals surface area (Å²) in [5, 5.41) is 8.85. The third-order valence-corrected chi connectivity index (χ3v) is 3.81. The number of nitrogens with one attached hydrogen (secondary N) is 2. The van der Waals surface area contributed by atoms with Gasteiger partial charge in [0.05, 0.1) is 0 Å². The van der Waals surface area contributed by atoms with E-state index in [1.807, 2.05) is 29.6 Å². The first-order chi connectivity index (χ1) is 10.2. The number of hydrogen-bond donors (Lipinski definition) is 3. The minimum Gasteiger partial charge on any atom is -0.393 e. The van der Waals surface area contributed by atoms with Crippen LogP contribution in [0.5, 0.6) is 0 Å². The van der Waals surface area contributed by atoms with Crippen molar-refractivity contribution >= 4 is 55.4 Å². The van der Waals surface area contributed by atoms with Gasteiger partial charge in [0.15, 0.2) is 16.8 Å². The first kappa shape index (κ1) is 13.8. The van der Waals surface area contributed by atoms with Crippen LogP contribution in [0, 0.1) is 0 Å². The van der Waals surface area contributed by atoms with Gasteiger partial charge in [0.2, 0.25) is 0 Å². The number of nitrogens with two attached hydrogens (primary N) is 1. The van der Waals surface area contributed by atoms with Crippen LogP contribution in [0.4, 0.5) is 28.1 Å². The molecule has 1 aromatic carbocycles. The monoisotopic (exact) mass is 362 g/mol. The van der Waals surface area contributed by atoms with Crippen LogP contribution in [0.2, 0.25) is 0 Å². The van der Waals surface area contributed by atoms with Crippen molar-refractivity contribution < 1.29 is 0 Å².